The van der Waals surface area contributed by atoms with E-state index >= 15 is 0 Å². The van der Waals surface area contributed by atoms with E-state index in [2.05, 4.69) is 5.32 Å². The molecule has 0 aliphatic carbocycles. The van der Waals surface area contributed by atoms with Gasteiger partial charge in [0.25, 0.3) is 0 Å². The van der Waals surface area contributed by atoms with Gasteiger partial charge in [0.1, 0.15) is 11.3 Å². The maximum atomic E-state index is 13.1. The van der Waals surface area contributed by atoms with Gasteiger partial charge in [-0.05, 0) is 29.8 Å². The van der Waals surface area contributed by atoms with Gasteiger partial charge in [-0.25, -0.2) is 4.79 Å². The molecule has 0 fully saturated rings. The second kappa shape index (κ2) is 7.67. The largest absolute Gasteiger partial charge is 0.496 e. The third-order valence-corrected chi connectivity index (χ3v) is 4.62. The van der Waals surface area contributed by atoms with Crippen molar-refractivity contribution in [1.29, 1.82) is 0 Å². The van der Waals surface area contributed by atoms with Crippen LogP contribution in [0, 0.1) is 0 Å². The van der Waals surface area contributed by atoms with Crippen LogP contribution in [0.2, 0.25) is 0 Å². The van der Waals surface area contributed by atoms with E-state index in [-0.39, 0.29) is 11.3 Å². The Morgan fingerprint density at radius 2 is 1.70 bits per heavy atom. The van der Waals surface area contributed by atoms with Crippen molar-refractivity contribution < 1.29 is 28.5 Å². The molecule has 7 nitrogen and oxygen atoms in total. The topological polar surface area (TPSA) is 83.1 Å². The molecule has 1 aliphatic heterocycles. The Balaban J connectivity index is 2.02. The third kappa shape index (κ3) is 3.21. The minimum absolute atomic E-state index is 0.113. The molecule has 1 unspecified atom stereocenters. The number of benzene rings is 2. The number of hydrogen-bond acceptors (Lipinski definition) is 7. The number of rotatable bonds is 5. The van der Waals surface area contributed by atoms with E-state index in [1.54, 1.807) is 44.6 Å². The molecular formula is C20H21NO6. The van der Waals surface area contributed by atoms with Crippen molar-refractivity contribution in [2.24, 2.45) is 0 Å². The molecule has 0 amide bonds. The Bertz CT molecular complexity index is 892. The summed E-state index contributed by atoms with van der Waals surface area (Å²) in [5.41, 5.74) is 2.23. The number of fused-ring (bicyclic) bond motifs is 1. The Morgan fingerprint density at radius 3 is 2.33 bits per heavy atom. The molecule has 0 bridgehead atoms. The minimum Gasteiger partial charge on any atom is -0.496 e. The van der Waals surface area contributed by atoms with Crippen molar-refractivity contribution in [3.63, 3.8) is 0 Å². The van der Waals surface area contributed by atoms with Crippen molar-refractivity contribution in [3.8, 4) is 17.2 Å². The zero-order valence-electron chi connectivity index (χ0n) is 15.6. The van der Waals surface area contributed by atoms with Gasteiger partial charge in [-0.2, -0.15) is 0 Å². The normalized spacial score (nSPS) is 15.7. The van der Waals surface area contributed by atoms with Crippen LogP contribution in [-0.4, -0.2) is 40.2 Å². The molecule has 1 atom stereocenters. The SMILES string of the molecule is COC(=O)c1cc(C2NCc3c(ccc(OC)c3OC)C2=O)ccc1OC. The van der Waals surface area contributed by atoms with Crippen LogP contribution in [0.3, 0.4) is 0 Å². The average Bonchev–Trinajstić information content (AvgIpc) is 2.72. The van der Waals surface area contributed by atoms with Gasteiger partial charge in [0, 0.05) is 17.7 Å². The summed E-state index contributed by atoms with van der Waals surface area (Å²) in [6, 6.07) is 7.88. The van der Waals surface area contributed by atoms with Crippen LogP contribution < -0.4 is 19.5 Å². The molecule has 0 saturated carbocycles. The molecule has 2 aromatic rings. The van der Waals surface area contributed by atoms with E-state index in [0.717, 1.165) is 5.56 Å². The van der Waals surface area contributed by atoms with E-state index in [0.29, 0.717) is 34.9 Å². The van der Waals surface area contributed by atoms with Gasteiger partial charge in [-0.3, -0.25) is 10.1 Å². The lowest BCUT2D eigenvalue weighted by Crippen LogP contribution is -2.34. The lowest BCUT2D eigenvalue weighted by atomic mass is 9.89. The van der Waals surface area contributed by atoms with Crippen molar-refractivity contribution >= 4 is 11.8 Å². The summed E-state index contributed by atoms with van der Waals surface area (Å²) >= 11 is 0. The lowest BCUT2D eigenvalue weighted by molar-refractivity contribution is 0.0596. The number of ketones is 1. The van der Waals surface area contributed by atoms with Gasteiger partial charge < -0.3 is 18.9 Å². The van der Waals surface area contributed by atoms with Crippen LogP contribution in [0.15, 0.2) is 30.3 Å². The molecule has 1 N–H and O–H groups in total. The van der Waals surface area contributed by atoms with Crippen LogP contribution in [-0.2, 0) is 11.3 Å². The Kier molecular flexibility index (Phi) is 5.32. The third-order valence-electron chi connectivity index (χ3n) is 4.62. The molecule has 0 aromatic heterocycles. The quantitative estimate of drug-likeness (QED) is 0.809. The Morgan fingerprint density at radius 1 is 1.00 bits per heavy atom. The van der Waals surface area contributed by atoms with Crippen LogP contribution >= 0.6 is 0 Å². The smallest absolute Gasteiger partial charge is 0.341 e. The standard InChI is InChI=1S/C20H21NO6/c1-24-15-7-5-11(9-13(15)20(23)27-4)17-18(22)12-6-8-16(25-2)19(26-3)14(12)10-21-17/h5-9,17,21H,10H2,1-4H3. The van der Waals surface area contributed by atoms with Crippen LogP contribution in [0.5, 0.6) is 17.2 Å². The van der Waals surface area contributed by atoms with Gasteiger partial charge in [-0.1, -0.05) is 6.07 Å². The zero-order chi connectivity index (χ0) is 19.6. The number of ether oxygens (including phenoxy) is 4. The molecule has 27 heavy (non-hydrogen) atoms. The summed E-state index contributed by atoms with van der Waals surface area (Å²) < 4.78 is 20.7. The monoisotopic (exact) mass is 371 g/mol. The van der Waals surface area contributed by atoms with E-state index in [1.807, 2.05) is 0 Å². The number of hydrogen-bond donors (Lipinski definition) is 1. The summed E-state index contributed by atoms with van der Waals surface area (Å²) in [6.07, 6.45) is 0. The Labute approximate surface area is 157 Å². The van der Waals surface area contributed by atoms with E-state index < -0.39 is 12.0 Å². The number of esters is 1. The molecule has 3 rings (SSSR count). The molecule has 2 aromatic carbocycles. The van der Waals surface area contributed by atoms with Crippen molar-refractivity contribution in [2.75, 3.05) is 28.4 Å². The van der Waals surface area contributed by atoms with E-state index in [4.69, 9.17) is 18.9 Å². The van der Waals surface area contributed by atoms with Gasteiger partial charge in [-0.15, -0.1) is 0 Å². The lowest BCUT2D eigenvalue weighted by Gasteiger charge is -2.27. The van der Waals surface area contributed by atoms with E-state index in [1.165, 1.54) is 14.2 Å². The first kappa shape index (κ1) is 18.7. The first-order valence-electron chi connectivity index (χ1n) is 8.33. The fourth-order valence-electron chi connectivity index (χ4n) is 3.29. The molecule has 0 spiro atoms. The highest BCUT2D eigenvalue weighted by atomic mass is 16.5. The van der Waals surface area contributed by atoms with Crippen molar-refractivity contribution in [2.45, 2.75) is 12.6 Å². The first-order chi connectivity index (χ1) is 13.0. The molecule has 0 saturated heterocycles. The summed E-state index contributed by atoms with van der Waals surface area (Å²) in [4.78, 5) is 25.1. The fraction of sp³-hybridized carbons (Fsp3) is 0.300. The second-order valence-corrected chi connectivity index (χ2v) is 5.96. The molecule has 7 heteroatoms. The van der Waals surface area contributed by atoms with Crippen molar-refractivity contribution in [1.82, 2.24) is 5.32 Å². The molecular weight excluding hydrogens is 350 g/mol. The van der Waals surface area contributed by atoms with Gasteiger partial charge in [0.15, 0.2) is 17.3 Å². The summed E-state index contributed by atoms with van der Waals surface area (Å²) in [7, 11) is 5.87. The molecule has 1 heterocycles. The predicted octanol–water partition coefficient (Wildman–Crippen LogP) is 2.53. The average molecular weight is 371 g/mol. The number of carbonyl (C=O) groups excluding carboxylic acids is 2. The van der Waals surface area contributed by atoms with Gasteiger partial charge in [0.2, 0.25) is 0 Å². The highest BCUT2D eigenvalue weighted by Crippen LogP contribution is 2.38. The van der Waals surface area contributed by atoms with Gasteiger partial charge >= 0.3 is 5.97 Å². The van der Waals surface area contributed by atoms with Crippen molar-refractivity contribution in [3.05, 3.63) is 52.6 Å². The minimum atomic E-state index is -0.593. The summed E-state index contributed by atoms with van der Waals surface area (Å²) in [5.74, 6) is 0.864. The molecule has 0 radical (unpaired) electrons. The van der Waals surface area contributed by atoms with Crippen LogP contribution in [0.25, 0.3) is 0 Å². The summed E-state index contributed by atoms with van der Waals surface area (Å²) in [5, 5.41) is 3.21. The molecule has 142 valence electrons. The highest BCUT2D eigenvalue weighted by Gasteiger charge is 2.32. The maximum Gasteiger partial charge on any atom is 0.341 e. The number of methoxy groups -OCH3 is 4. The number of nitrogens with one attached hydrogen (secondary N) is 1. The van der Waals surface area contributed by atoms with Gasteiger partial charge in [0.05, 0.1) is 34.5 Å². The Hall–Kier alpha value is -3.06. The fourth-order valence-corrected chi connectivity index (χ4v) is 3.29. The maximum absolute atomic E-state index is 13.1. The van der Waals surface area contributed by atoms with Crippen LogP contribution in [0.1, 0.15) is 37.9 Å². The van der Waals surface area contributed by atoms with Crippen LogP contribution in [0.4, 0.5) is 0 Å². The zero-order valence-corrected chi connectivity index (χ0v) is 15.6. The molecule has 1 aliphatic rings. The first-order valence-corrected chi connectivity index (χ1v) is 8.33. The predicted molar refractivity (Wildman–Crippen MR) is 97.8 cm³/mol. The highest BCUT2D eigenvalue weighted by molar-refractivity contribution is 6.04. The summed E-state index contributed by atoms with van der Waals surface area (Å²) in [6.45, 7) is 0.422. The van der Waals surface area contributed by atoms with E-state index in [9.17, 15) is 9.59 Å². The second-order valence-electron chi connectivity index (χ2n) is 5.96. The number of Topliss-reactive ketones (excluding diaryl/α,β-unsaturated/α-hetero) is 1. The number of carbonyl (C=O) groups is 2.